The molecule has 0 aliphatic rings. The summed E-state index contributed by atoms with van der Waals surface area (Å²) in [6.45, 7) is 0. The molecule has 3 amide bonds. The van der Waals surface area contributed by atoms with Crippen molar-refractivity contribution in [1.29, 1.82) is 0 Å². The Balaban J connectivity index is 4.33. The third kappa shape index (κ3) is 7.71. The van der Waals surface area contributed by atoms with Crippen LogP contribution in [-0.2, 0) is 19.2 Å². The van der Waals surface area contributed by atoms with Gasteiger partial charge < -0.3 is 27.6 Å². The molecule has 9 heteroatoms. The lowest BCUT2D eigenvalue weighted by Crippen LogP contribution is -2.50. The number of primary amides is 2. The van der Waals surface area contributed by atoms with Gasteiger partial charge >= 0.3 is 5.97 Å². The van der Waals surface area contributed by atoms with Gasteiger partial charge in [-0.15, -0.1) is 0 Å². The minimum atomic E-state index is -1.08. The normalized spacial score (nSPS) is 13.3. The molecule has 0 rings (SSSR count). The average molecular weight is 274 g/mol. The van der Waals surface area contributed by atoms with Crippen molar-refractivity contribution >= 4 is 23.7 Å². The summed E-state index contributed by atoms with van der Waals surface area (Å²) >= 11 is 0. The number of hydrogen-bond acceptors (Lipinski definition) is 5. The van der Waals surface area contributed by atoms with E-state index in [1.165, 1.54) is 0 Å². The van der Waals surface area contributed by atoms with Crippen LogP contribution in [0.25, 0.3) is 0 Å². The summed E-state index contributed by atoms with van der Waals surface area (Å²) in [5, 5.41) is 10.7. The Morgan fingerprint density at radius 3 is 2.05 bits per heavy atom. The summed E-state index contributed by atoms with van der Waals surface area (Å²) in [6.07, 6.45) is -0.472. The van der Waals surface area contributed by atoms with Crippen molar-refractivity contribution in [2.45, 2.75) is 37.8 Å². The first-order chi connectivity index (χ1) is 8.73. The molecule has 0 aromatic heterocycles. The third-order valence-electron chi connectivity index (χ3n) is 2.35. The van der Waals surface area contributed by atoms with E-state index in [1.807, 2.05) is 0 Å². The zero-order valence-corrected chi connectivity index (χ0v) is 10.3. The van der Waals surface area contributed by atoms with Crippen LogP contribution in [-0.4, -0.2) is 40.9 Å². The number of carbonyl (C=O) groups excluding carboxylic acids is 3. The van der Waals surface area contributed by atoms with Crippen LogP contribution in [0.1, 0.15) is 25.7 Å². The molecule has 108 valence electrons. The fraction of sp³-hybridized carbons (Fsp3) is 0.600. The number of carbonyl (C=O) groups is 4. The van der Waals surface area contributed by atoms with Crippen molar-refractivity contribution in [3.63, 3.8) is 0 Å². The number of carboxylic acids is 1. The Kier molecular flexibility index (Phi) is 7.12. The molecule has 8 N–H and O–H groups in total. The SMILES string of the molecule is NC(=O)CC[C@H](NC(=O)[C@@H](N)CCC(=O)O)C(N)=O. The second-order valence-corrected chi connectivity index (χ2v) is 4.01. The lowest BCUT2D eigenvalue weighted by atomic mass is 10.1. The van der Waals surface area contributed by atoms with Gasteiger partial charge in [-0.25, -0.2) is 0 Å². The molecule has 0 spiro atoms. The Morgan fingerprint density at radius 2 is 1.63 bits per heavy atom. The minimum Gasteiger partial charge on any atom is -0.481 e. The van der Waals surface area contributed by atoms with Gasteiger partial charge in [-0.1, -0.05) is 0 Å². The van der Waals surface area contributed by atoms with Crippen LogP contribution in [0.4, 0.5) is 0 Å². The summed E-state index contributed by atoms with van der Waals surface area (Å²) in [6, 6.07) is -2.12. The molecule has 0 aromatic carbocycles. The fourth-order valence-electron chi connectivity index (χ4n) is 1.26. The van der Waals surface area contributed by atoms with Crippen LogP contribution >= 0.6 is 0 Å². The Morgan fingerprint density at radius 1 is 1.05 bits per heavy atom. The van der Waals surface area contributed by atoms with Crippen LogP contribution in [0.2, 0.25) is 0 Å². The standard InChI is InChI=1S/C10H18N4O5/c11-5(1-4-8(16)17)10(19)14-6(9(13)18)2-3-7(12)15/h5-6H,1-4,11H2,(H2,12,15)(H2,13,18)(H,14,19)(H,16,17)/t5-,6-/m0/s1. The predicted molar refractivity (Wildman–Crippen MR) is 64.4 cm³/mol. The van der Waals surface area contributed by atoms with E-state index in [9.17, 15) is 19.2 Å². The van der Waals surface area contributed by atoms with Crippen molar-refractivity contribution in [3.8, 4) is 0 Å². The van der Waals surface area contributed by atoms with Gasteiger partial charge in [0.15, 0.2) is 0 Å². The van der Waals surface area contributed by atoms with Gasteiger partial charge in [0.2, 0.25) is 17.7 Å². The monoisotopic (exact) mass is 274 g/mol. The van der Waals surface area contributed by atoms with E-state index >= 15 is 0 Å². The highest BCUT2D eigenvalue weighted by Gasteiger charge is 2.22. The molecule has 0 aliphatic carbocycles. The summed E-state index contributed by atoms with van der Waals surface area (Å²) in [5.41, 5.74) is 15.4. The van der Waals surface area contributed by atoms with Gasteiger partial charge in [0.1, 0.15) is 6.04 Å². The summed E-state index contributed by atoms with van der Waals surface area (Å²) in [4.78, 5) is 43.5. The average Bonchev–Trinajstić information content (AvgIpc) is 2.30. The lowest BCUT2D eigenvalue weighted by molar-refractivity contribution is -0.137. The number of nitrogens with one attached hydrogen (secondary N) is 1. The van der Waals surface area contributed by atoms with E-state index in [0.29, 0.717) is 0 Å². The van der Waals surface area contributed by atoms with Gasteiger partial charge in [0.25, 0.3) is 0 Å². The number of amides is 3. The maximum atomic E-state index is 11.6. The smallest absolute Gasteiger partial charge is 0.303 e. The van der Waals surface area contributed by atoms with E-state index in [-0.39, 0.29) is 25.7 Å². The largest absolute Gasteiger partial charge is 0.481 e. The lowest BCUT2D eigenvalue weighted by Gasteiger charge is -2.17. The first-order valence-corrected chi connectivity index (χ1v) is 5.59. The van der Waals surface area contributed by atoms with E-state index < -0.39 is 35.8 Å². The van der Waals surface area contributed by atoms with Gasteiger partial charge in [-0.2, -0.15) is 0 Å². The fourth-order valence-corrected chi connectivity index (χ4v) is 1.26. The van der Waals surface area contributed by atoms with Gasteiger partial charge in [0, 0.05) is 12.8 Å². The van der Waals surface area contributed by atoms with Crippen molar-refractivity contribution in [3.05, 3.63) is 0 Å². The zero-order chi connectivity index (χ0) is 15.0. The Labute approximate surface area is 109 Å². The van der Waals surface area contributed by atoms with E-state index in [4.69, 9.17) is 22.3 Å². The highest BCUT2D eigenvalue weighted by molar-refractivity contribution is 5.89. The van der Waals surface area contributed by atoms with Crippen molar-refractivity contribution < 1.29 is 24.3 Å². The molecule has 0 bridgehead atoms. The van der Waals surface area contributed by atoms with Crippen LogP contribution in [0.3, 0.4) is 0 Å². The second kappa shape index (κ2) is 8.03. The first-order valence-electron chi connectivity index (χ1n) is 5.59. The minimum absolute atomic E-state index is 0.0257. The molecular formula is C10H18N4O5. The number of nitrogens with two attached hydrogens (primary N) is 3. The van der Waals surface area contributed by atoms with E-state index in [2.05, 4.69) is 5.32 Å². The van der Waals surface area contributed by atoms with Gasteiger partial charge in [0.05, 0.1) is 6.04 Å². The van der Waals surface area contributed by atoms with Crippen molar-refractivity contribution in [2.24, 2.45) is 17.2 Å². The maximum Gasteiger partial charge on any atom is 0.303 e. The quantitative estimate of drug-likeness (QED) is 0.308. The summed E-state index contributed by atoms with van der Waals surface area (Å²) in [5.74, 6) is -3.23. The topological polar surface area (TPSA) is 179 Å². The van der Waals surface area contributed by atoms with Gasteiger partial charge in [-0.05, 0) is 12.8 Å². The molecule has 2 atom stereocenters. The van der Waals surface area contributed by atoms with Crippen molar-refractivity contribution in [1.82, 2.24) is 5.32 Å². The highest BCUT2D eigenvalue weighted by Crippen LogP contribution is 2.00. The van der Waals surface area contributed by atoms with Crippen LogP contribution in [0.15, 0.2) is 0 Å². The van der Waals surface area contributed by atoms with E-state index in [0.717, 1.165) is 0 Å². The summed E-state index contributed by atoms with van der Waals surface area (Å²) in [7, 11) is 0. The predicted octanol–water partition coefficient (Wildman–Crippen LogP) is -2.59. The molecule has 0 heterocycles. The number of rotatable bonds is 9. The molecule has 0 unspecified atom stereocenters. The third-order valence-corrected chi connectivity index (χ3v) is 2.35. The van der Waals surface area contributed by atoms with Crippen LogP contribution in [0, 0.1) is 0 Å². The number of hydrogen-bond donors (Lipinski definition) is 5. The molecule has 0 aromatic rings. The molecule has 0 radical (unpaired) electrons. The molecular weight excluding hydrogens is 256 g/mol. The zero-order valence-electron chi connectivity index (χ0n) is 10.3. The molecule has 9 nitrogen and oxygen atoms in total. The molecule has 0 fully saturated rings. The first kappa shape index (κ1) is 16.8. The molecule has 0 saturated carbocycles. The number of aliphatic carboxylic acids is 1. The Bertz CT molecular complexity index is 371. The van der Waals surface area contributed by atoms with Crippen LogP contribution in [0.5, 0.6) is 0 Å². The molecule has 0 saturated heterocycles. The van der Waals surface area contributed by atoms with Crippen LogP contribution < -0.4 is 22.5 Å². The Hall–Kier alpha value is -2.16. The maximum absolute atomic E-state index is 11.6. The number of carboxylic acid groups (broad SMARTS) is 1. The van der Waals surface area contributed by atoms with E-state index in [1.54, 1.807) is 0 Å². The van der Waals surface area contributed by atoms with Gasteiger partial charge in [-0.3, -0.25) is 19.2 Å². The van der Waals surface area contributed by atoms with Crippen molar-refractivity contribution in [2.75, 3.05) is 0 Å². The molecule has 19 heavy (non-hydrogen) atoms. The summed E-state index contributed by atoms with van der Waals surface area (Å²) < 4.78 is 0. The molecule has 0 aliphatic heterocycles. The highest BCUT2D eigenvalue weighted by atomic mass is 16.4. The second-order valence-electron chi connectivity index (χ2n) is 4.01.